The van der Waals surface area contributed by atoms with Crippen LogP contribution in [0.2, 0.25) is 5.02 Å². The number of nitrogens with one attached hydrogen (secondary N) is 1. The first-order chi connectivity index (χ1) is 12.6. The van der Waals surface area contributed by atoms with Crippen LogP contribution in [-0.4, -0.2) is 19.6 Å². The zero-order chi connectivity index (χ0) is 18.1. The van der Waals surface area contributed by atoms with Crippen LogP contribution >= 0.6 is 11.6 Å². The highest BCUT2D eigenvalue weighted by molar-refractivity contribution is 6.31. The molecule has 2 heterocycles. The van der Waals surface area contributed by atoms with E-state index < -0.39 is 0 Å². The molecule has 2 aromatic carbocycles. The van der Waals surface area contributed by atoms with Crippen LogP contribution in [0.1, 0.15) is 22.9 Å². The largest absolute Gasteiger partial charge is 0.359 e. The maximum absolute atomic E-state index is 13.4. The normalized spacial score (nSPS) is 12.3. The molecule has 1 N–H and O–H groups in total. The Morgan fingerprint density at radius 1 is 1.12 bits per heavy atom. The summed E-state index contributed by atoms with van der Waals surface area (Å²) in [6.45, 7) is 1.89. The van der Waals surface area contributed by atoms with E-state index in [0.717, 1.165) is 22.6 Å². The molecule has 0 aliphatic heterocycles. The van der Waals surface area contributed by atoms with Crippen LogP contribution < -0.4 is 5.32 Å². The molecule has 26 heavy (non-hydrogen) atoms. The second-order valence-electron chi connectivity index (χ2n) is 5.91. The van der Waals surface area contributed by atoms with Crippen molar-refractivity contribution < 1.29 is 4.39 Å². The number of hydrogen-bond donors (Lipinski definition) is 1. The molecule has 0 aliphatic rings. The fourth-order valence-electron chi connectivity index (χ4n) is 2.89. The van der Waals surface area contributed by atoms with Gasteiger partial charge in [0, 0.05) is 16.8 Å². The van der Waals surface area contributed by atoms with Gasteiger partial charge in [0.2, 0.25) is 0 Å². The van der Waals surface area contributed by atoms with Crippen LogP contribution in [0, 0.1) is 12.7 Å². The van der Waals surface area contributed by atoms with E-state index in [1.165, 1.54) is 18.5 Å². The highest BCUT2D eigenvalue weighted by Gasteiger charge is 2.19. The molecule has 1 atom stereocenters. The molecular weight excluding hydrogens is 353 g/mol. The van der Waals surface area contributed by atoms with Crippen molar-refractivity contribution in [2.75, 3.05) is 5.32 Å². The lowest BCUT2D eigenvalue weighted by molar-refractivity contribution is 0.626. The topological polar surface area (TPSA) is 55.1 Å². The third-order valence-electron chi connectivity index (χ3n) is 4.09. The number of fused-ring (bicyclic) bond motifs is 1. The van der Waals surface area contributed by atoms with E-state index in [1.54, 1.807) is 16.6 Å². The second kappa shape index (κ2) is 6.72. The summed E-state index contributed by atoms with van der Waals surface area (Å²) in [7, 11) is 0. The Hall–Kier alpha value is -2.99. The fraction of sp³-hybridized carbons (Fsp3) is 0.105. The molecule has 0 spiro atoms. The number of halogens is 2. The van der Waals surface area contributed by atoms with Crippen molar-refractivity contribution >= 4 is 23.2 Å². The summed E-state index contributed by atoms with van der Waals surface area (Å²) in [4.78, 5) is 8.50. The third kappa shape index (κ3) is 3.11. The fourth-order valence-corrected chi connectivity index (χ4v) is 3.13. The van der Waals surface area contributed by atoms with Crippen LogP contribution in [0.5, 0.6) is 0 Å². The summed E-state index contributed by atoms with van der Waals surface area (Å²) >= 11 is 6.43. The molecule has 5 nitrogen and oxygen atoms in total. The Morgan fingerprint density at radius 2 is 1.88 bits per heavy atom. The standard InChI is InChI=1S/C19H15ClFN5/c1-12-10-17(26-19(24-12)22-11-23-26)25-18(13-6-8-14(21)9-7-13)15-4-2-3-5-16(15)20/h2-11,18,25H,1H3/t18-/m0/s1. The lowest BCUT2D eigenvalue weighted by Crippen LogP contribution is -2.16. The Balaban J connectivity index is 1.84. The van der Waals surface area contributed by atoms with E-state index >= 15 is 0 Å². The third-order valence-corrected chi connectivity index (χ3v) is 4.44. The smallest absolute Gasteiger partial charge is 0.254 e. The number of benzene rings is 2. The van der Waals surface area contributed by atoms with Gasteiger partial charge in [-0.25, -0.2) is 9.37 Å². The molecule has 0 bridgehead atoms. The molecule has 0 amide bonds. The first-order valence-corrected chi connectivity index (χ1v) is 8.43. The molecule has 0 aliphatic carbocycles. The molecule has 0 saturated carbocycles. The first-order valence-electron chi connectivity index (χ1n) is 8.05. The molecule has 0 saturated heterocycles. The maximum atomic E-state index is 13.4. The van der Waals surface area contributed by atoms with Crippen molar-refractivity contribution in [3.8, 4) is 0 Å². The first kappa shape index (κ1) is 16.5. The van der Waals surface area contributed by atoms with Crippen LogP contribution in [0.4, 0.5) is 10.2 Å². The Morgan fingerprint density at radius 3 is 2.65 bits per heavy atom. The monoisotopic (exact) mass is 367 g/mol. The molecule has 4 aromatic rings. The van der Waals surface area contributed by atoms with Crippen LogP contribution in [0.25, 0.3) is 5.78 Å². The summed E-state index contributed by atoms with van der Waals surface area (Å²) in [6, 6.07) is 15.5. The number of hydrogen-bond acceptors (Lipinski definition) is 4. The van der Waals surface area contributed by atoms with Gasteiger partial charge in [-0.3, -0.25) is 0 Å². The average Bonchev–Trinajstić information content (AvgIpc) is 3.09. The van der Waals surface area contributed by atoms with Crippen LogP contribution in [-0.2, 0) is 0 Å². The minimum atomic E-state index is -0.293. The van der Waals surface area contributed by atoms with Crippen molar-refractivity contribution in [2.45, 2.75) is 13.0 Å². The van der Waals surface area contributed by atoms with Gasteiger partial charge in [-0.15, -0.1) is 0 Å². The van der Waals surface area contributed by atoms with Gasteiger partial charge in [-0.2, -0.15) is 14.6 Å². The van der Waals surface area contributed by atoms with Gasteiger partial charge in [0.25, 0.3) is 5.78 Å². The molecule has 0 radical (unpaired) electrons. The molecule has 0 unspecified atom stereocenters. The van der Waals surface area contributed by atoms with E-state index in [2.05, 4.69) is 20.4 Å². The quantitative estimate of drug-likeness (QED) is 0.580. The van der Waals surface area contributed by atoms with E-state index in [0.29, 0.717) is 10.8 Å². The molecule has 0 fully saturated rings. The molecule has 130 valence electrons. The summed E-state index contributed by atoms with van der Waals surface area (Å²) in [5.74, 6) is 0.939. The summed E-state index contributed by atoms with van der Waals surface area (Å²) in [5.41, 5.74) is 2.57. The van der Waals surface area contributed by atoms with Crippen molar-refractivity contribution in [2.24, 2.45) is 0 Å². The predicted molar refractivity (Wildman–Crippen MR) is 98.8 cm³/mol. The minimum Gasteiger partial charge on any atom is -0.359 e. The van der Waals surface area contributed by atoms with Crippen LogP contribution in [0.15, 0.2) is 60.9 Å². The minimum absolute atomic E-state index is 0.287. The number of rotatable bonds is 4. The Bertz CT molecular complexity index is 1060. The predicted octanol–water partition coefficient (Wildman–Crippen LogP) is 4.43. The van der Waals surface area contributed by atoms with Crippen LogP contribution in [0.3, 0.4) is 0 Å². The molecular formula is C19H15ClFN5. The van der Waals surface area contributed by atoms with E-state index in [4.69, 9.17) is 11.6 Å². The van der Waals surface area contributed by atoms with Gasteiger partial charge in [-0.05, 0) is 36.2 Å². The Labute approximate surface area is 154 Å². The number of nitrogens with zero attached hydrogens (tertiary/aromatic N) is 4. The van der Waals surface area contributed by atoms with Gasteiger partial charge >= 0.3 is 0 Å². The number of aryl methyl sites for hydroxylation is 1. The average molecular weight is 368 g/mol. The SMILES string of the molecule is Cc1cc(N[C@@H](c2ccc(F)cc2)c2ccccc2Cl)n2ncnc2n1. The van der Waals surface area contributed by atoms with Gasteiger partial charge in [0.1, 0.15) is 18.0 Å². The second-order valence-corrected chi connectivity index (χ2v) is 6.31. The summed E-state index contributed by atoms with van der Waals surface area (Å²) in [6.07, 6.45) is 1.45. The number of anilines is 1. The van der Waals surface area contributed by atoms with Gasteiger partial charge in [0.05, 0.1) is 6.04 Å². The van der Waals surface area contributed by atoms with Gasteiger partial charge < -0.3 is 5.32 Å². The Kier molecular flexibility index (Phi) is 4.26. The van der Waals surface area contributed by atoms with Gasteiger partial charge in [-0.1, -0.05) is 41.9 Å². The zero-order valence-corrected chi connectivity index (χ0v) is 14.7. The molecule has 2 aromatic heterocycles. The summed E-state index contributed by atoms with van der Waals surface area (Å²) < 4.78 is 15.0. The van der Waals surface area contributed by atoms with E-state index in [9.17, 15) is 4.39 Å². The van der Waals surface area contributed by atoms with Crippen molar-refractivity contribution in [3.05, 3.63) is 88.6 Å². The lowest BCUT2D eigenvalue weighted by Gasteiger charge is -2.22. The highest BCUT2D eigenvalue weighted by Crippen LogP contribution is 2.31. The maximum Gasteiger partial charge on any atom is 0.254 e. The number of aromatic nitrogens is 4. The zero-order valence-electron chi connectivity index (χ0n) is 13.9. The van der Waals surface area contributed by atoms with Crippen molar-refractivity contribution in [1.82, 2.24) is 19.6 Å². The van der Waals surface area contributed by atoms with Gasteiger partial charge in [0.15, 0.2) is 0 Å². The highest BCUT2D eigenvalue weighted by atomic mass is 35.5. The van der Waals surface area contributed by atoms with E-state index in [1.807, 2.05) is 37.3 Å². The summed E-state index contributed by atoms with van der Waals surface area (Å²) in [5, 5.41) is 8.30. The van der Waals surface area contributed by atoms with Crippen molar-refractivity contribution in [1.29, 1.82) is 0 Å². The lowest BCUT2D eigenvalue weighted by atomic mass is 9.98. The van der Waals surface area contributed by atoms with E-state index in [-0.39, 0.29) is 11.9 Å². The molecule has 4 rings (SSSR count). The molecule has 7 heteroatoms. The van der Waals surface area contributed by atoms with Crippen molar-refractivity contribution in [3.63, 3.8) is 0 Å².